The van der Waals surface area contributed by atoms with E-state index in [2.05, 4.69) is 16.0 Å². The molecule has 0 aliphatic carbocycles. The number of alkyl carbamates (subject to hydrolysis) is 1. The highest BCUT2D eigenvalue weighted by molar-refractivity contribution is 6.02. The summed E-state index contributed by atoms with van der Waals surface area (Å²) in [4.78, 5) is 64.2. The molecule has 0 spiro atoms. The van der Waals surface area contributed by atoms with Crippen LogP contribution >= 0.6 is 0 Å². The summed E-state index contributed by atoms with van der Waals surface area (Å²) in [6, 6.07) is 7.24. The summed E-state index contributed by atoms with van der Waals surface area (Å²) in [5.74, 6) is -2.29. The van der Waals surface area contributed by atoms with Crippen LogP contribution < -0.4 is 21.7 Å². The number of ether oxygens (including phenoxy) is 1. The topological polar surface area (TPSA) is 160 Å². The fraction of sp³-hybridized carbons (Fsp3) is 0.560. The van der Waals surface area contributed by atoms with E-state index in [1.165, 1.54) is 18.7 Å². The normalized spacial score (nSPS) is 19.4. The van der Waals surface area contributed by atoms with Crippen LogP contribution in [0.25, 0.3) is 0 Å². The van der Waals surface area contributed by atoms with Gasteiger partial charge in [0.2, 0.25) is 17.7 Å². The molecule has 11 heteroatoms. The van der Waals surface area contributed by atoms with Crippen LogP contribution in [0.1, 0.15) is 54.0 Å². The lowest BCUT2D eigenvalue weighted by Crippen LogP contribution is -2.81. The van der Waals surface area contributed by atoms with Crippen molar-refractivity contribution >= 4 is 29.7 Å². The highest BCUT2D eigenvalue weighted by Crippen LogP contribution is 2.34. The Bertz CT molecular complexity index is 1020. The SMILES string of the molecule is C[C@H](NC(=O)C(C)(C)N1C[C@@](Cc2ccccc2)(NC(=O)[C@H](C)NC(=O)OC(C)(C)C)C1=O)C(N)=O. The summed E-state index contributed by atoms with van der Waals surface area (Å²) in [5.41, 5.74) is 2.67. The number of rotatable bonds is 9. The molecule has 1 aliphatic heterocycles. The quantitative estimate of drug-likeness (QED) is 0.361. The Labute approximate surface area is 211 Å². The number of nitrogens with one attached hydrogen (secondary N) is 3. The maximum absolute atomic E-state index is 13.6. The number of carbonyl (C=O) groups is 5. The zero-order valence-corrected chi connectivity index (χ0v) is 21.9. The molecule has 1 aromatic rings. The van der Waals surface area contributed by atoms with Gasteiger partial charge in [0.25, 0.3) is 5.91 Å². The van der Waals surface area contributed by atoms with Gasteiger partial charge in [-0.05, 0) is 54.0 Å². The molecular formula is C25H37N5O6. The van der Waals surface area contributed by atoms with Gasteiger partial charge in [0.15, 0.2) is 0 Å². The number of carbonyl (C=O) groups excluding carboxylic acids is 5. The van der Waals surface area contributed by atoms with E-state index >= 15 is 0 Å². The van der Waals surface area contributed by atoms with Crippen LogP contribution in [0.4, 0.5) is 4.79 Å². The Balaban J connectivity index is 2.22. The van der Waals surface area contributed by atoms with Gasteiger partial charge in [0, 0.05) is 6.42 Å². The lowest BCUT2D eigenvalue weighted by Gasteiger charge is -2.55. The first-order valence-corrected chi connectivity index (χ1v) is 11.8. The molecule has 0 bridgehead atoms. The van der Waals surface area contributed by atoms with Gasteiger partial charge in [-0.1, -0.05) is 30.3 Å². The molecule has 2 rings (SSSR count). The van der Waals surface area contributed by atoms with E-state index in [0.717, 1.165) is 5.56 Å². The lowest BCUT2D eigenvalue weighted by molar-refractivity contribution is -0.169. The number of β-lactam (4-membered cyclic amide) rings is 1. The lowest BCUT2D eigenvalue weighted by atomic mass is 9.78. The predicted molar refractivity (Wildman–Crippen MR) is 132 cm³/mol. The second-order valence-corrected chi connectivity index (χ2v) is 10.6. The van der Waals surface area contributed by atoms with Gasteiger partial charge in [0.1, 0.15) is 28.8 Å². The monoisotopic (exact) mass is 503 g/mol. The van der Waals surface area contributed by atoms with Gasteiger partial charge in [-0.15, -0.1) is 0 Å². The van der Waals surface area contributed by atoms with Crippen molar-refractivity contribution in [2.45, 2.75) is 83.6 Å². The molecule has 1 fully saturated rings. The zero-order valence-electron chi connectivity index (χ0n) is 21.9. The standard InChI is InChI=1S/C25H37N5O6/c1-15(18(26)31)27-20(33)24(6,7)30-14-25(21(30)34,13-17-11-9-8-10-12-17)29-19(32)16(2)28-22(35)36-23(3,4)5/h8-12,15-16H,13-14H2,1-7H3,(H2,26,31)(H,27,33)(H,28,35)(H,29,32)/t15-,16-,25+/m0/s1. The Morgan fingerprint density at radius 2 is 1.61 bits per heavy atom. The van der Waals surface area contributed by atoms with Crippen LogP contribution in [-0.2, 0) is 30.3 Å². The number of nitrogens with zero attached hydrogens (tertiary/aromatic N) is 1. The van der Waals surface area contributed by atoms with E-state index in [4.69, 9.17) is 10.5 Å². The first-order valence-electron chi connectivity index (χ1n) is 11.8. The van der Waals surface area contributed by atoms with Crippen molar-refractivity contribution in [3.8, 4) is 0 Å². The maximum Gasteiger partial charge on any atom is 0.408 e. The van der Waals surface area contributed by atoms with Crippen LogP contribution in [0.15, 0.2) is 30.3 Å². The summed E-state index contributed by atoms with van der Waals surface area (Å²) in [5, 5.41) is 7.77. The predicted octanol–water partition coefficient (Wildman–Crippen LogP) is 0.608. The number of amides is 5. The van der Waals surface area contributed by atoms with Crippen molar-refractivity contribution < 1.29 is 28.7 Å². The molecule has 5 N–H and O–H groups in total. The smallest absolute Gasteiger partial charge is 0.408 e. The summed E-state index contributed by atoms with van der Waals surface area (Å²) in [6.45, 7) is 11.2. The Morgan fingerprint density at radius 1 is 1.03 bits per heavy atom. The average molecular weight is 504 g/mol. The van der Waals surface area contributed by atoms with E-state index in [-0.39, 0.29) is 13.0 Å². The molecule has 5 amide bonds. The molecule has 0 saturated carbocycles. The second kappa shape index (κ2) is 10.5. The summed E-state index contributed by atoms with van der Waals surface area (Å²) < 4.78 is 5.20. The van der Waals surface area contributed by atoms with Crippen molar-refractivity contribution in [2.75, 3.05) is 6.54 Å². The van der Waals surface area contributed by atoms with Gasteiger partial charge < -0.3 is 31.3 Å². The number of hydrogen-bond donors (Lipinski definition) is 4. The Hall–Kier alpha value is -3.63. The van der Waals surface area contributed by atoms with E-state index in [1.54, 1.807) is 34.6 Å². The van der Waals surface area contributed by atoms with Gasteiger partial charge in [-0.2, -0.15) is 0 Å². The summed E-state index contributed by atoms with van der Waals surface area (Å²) >= 11 is 0. The highest BCUT2D eigenvalue weighted by Gasteiger charge is 2.59. The number of primary amides is 1. The molecule has 0 unspecified atom stereocenters. The van der Waals surface area contributed by atoms with Crippen molar-refractivity contribution in [3.63, 3.8) is 0 Å². The van der Waals surface area contributed by atoms with Gasteiger partial charge in [-0.25, -0.2) is 4.79 Å². The van der Waals surface area contributed by atoms with Gasteiger partial charge >= 0.3 is 6.09 Å². The average Bonchev–Trinajstić information content (AvgIpc) is 2.75. The van der Waals surface area contributed by atoms with Crippen LogP contribution in [0, 0.1) is 0 Å². The molecule has 0 aromatic heterocycles. The minimum atomic E-state index is -1.32. The largest absolute Gasteiger partial charge is 0.444 e. The first-order chi connectivity index (χ1) is 16.5. The minimum absolute atomic E-state index is 0.0387. The van der Waals surface area contributed by atoms with Crippen molar-refractivity contribution in [1.82, 2.24) is 20.9 Å². The first kappa shape index (κ1) is 28.6. The zero-order chi connectivity index (χ0) is 27.5. The van der Waals surface area contributed by atoms with E-state index < -0.39 is 58.5 Å². The highest BCUT2D eigenvalue weighted by atomic mass is 16.6. The Morgan fingerprint density at radius 3 is 2.11 bits per heavy atom. The Kier molecular flexibility index (Phi) is 8.38. The second-order valence-electron chi connectivity index (χ2n) is 10.6. The third-order valence-corrected chi connectivity index (χ3v) is 5.93. The molecular weight excluding hydrogens is 466 g/mol. The number of nitrogens with two attached hydrogens (primary N) is 1. The van der Waals surface area contributed by atoms with Crippen LogP contribution in [0.3, 0.4) is 0 Å². The van der Waals surface area contributed by atoms with Crippen molar-refractivity contribution in [1.29, 1.82) is 0 Å². The van der Waals surface area contributed by atoms with Crippen LogP contribution in [0.2, 0.25) is 0 Å². The van der Waals surface area contributed by atoms with Gasteiger partial charge in [0.05, 0.1) is 6.54 Å². The van der Waals surface area contributed by atoms with Gasteiger partial charge in [-0.3, -0.25) is 19.2 Å². The van der Waals surface area contributed by atoms with Crippen LogP contribution in [0.5, 0.6) is 0 Å². The van der Waals surface area contributed by atoms with Crippen molar-refractivity contribution in [3.05, 3.63) is 35.9 Å². The van der Waals surface area contributed by atoms with Crippen molar-refractivity contribution in [2.24, 2.45) is 5.73 Å². The summed E-state index contributed by atoms with van der Waals surface area (Å²) in [6.07, 6.45) is -0.575. The molecule has 198 valence electrons. The third-order valence-electron chi connectivity index (χ3n) is 5.93. The molecule has 36 heavy (non-hydrogen) atoms. The molecule has 3 atom stereocenters. The molecule has 1 heterocycles. The molecule has 11 nitrogen and oxygen atoms in total. The fourth-order valence-corrected chi connectivity index (χ4v) is 3.70. The van der Waals surface area contributed by atoms with E-state index in [0.29, 0.717) is 0 Å². The minimum Gasteiger partial charge on any atom is -0.444 e. The van der Waals surface area contributed by atoms with E-state index in [9.17, 15) is 24.0 Å². The molecule has 1 saturated heterocycles. The fourth-order valence-electron chi connectivity index (χ4n) is 3.70. The van der Waals surface area contributed by atoms with E-state index in [1.807, 2.05) is 30.3 Å². The third kappa shape index (κ3) is 6.73. The summed E-state index contributed by atoms with van der Waals surface area (Å²) in [7, 11) is 0. The number of likely N-dealkylation sites (tertiary alicyclic amines) is 1. The van der Waals surface area contributed by atoms with Crippen LogP contribution in [-0.4, -0.2) is 69.9 Å². The maximum atomic E-state index is 13.6. The number of benzene rings is 1. The molecule has 0 radical (unpaired) electrons. The molecule has 1 aromatic carbocycles. The number of hydrogen-bond acceptors (Lipinski definition) is 6. The molecule has 1 aliphatic rings.